The topological polar surface area (TPSA) is 67.4 Å². The molecule has 16 heavy (non-hydrogen) atoms. The molecule has 1 saturated heterocycles. The van der Waals surface area contributed by atoms with Crippen molar-refractivity contribution >= 4 is 11.8 Å². The zero-order chi connectivity index (χ0) is 11.9. The van der Waals surface area contributed by atoms with E-state index in [0.29, 0.717) is 0 Å². The summed E-state index contributed by atoms with van der Waals surface area (Å²) in [5.41, 5.74) is 0.0146. The standard InChI is InChI=1S/C11H18N2O3/c1-11(2)7(5-8(11)16-3)12-6-4-9(14)13-10(6)15/h6-8,12H,4-5H2,1-3H3,(H,13,14,15). The lowest BCUT2D eigenvalue weighted by atomic mass is 9.64. The first-order valence-corrected chi connectivity index (χ1v) is 5.57. The van der Waals surface area contributed by atoms with Crippen molar-refractivity contribution in [3.05, 3.63) is 0 Å². The van der Waals surface area contributed by atoms with Crippen LogP contribution >= 0.6 is 0 Å². The minimum absolute atomic E-state index is 0.0146. The predicted molar refractivity (Wildman–Crippen MR) is 57.7 cm³/mol. The quantitative estimate of drug-likeness (QED) is 0.654. The Balaban J connectivity index is 1.93. The molecule has 2 aliphatic rings. The van der Waals surface area contributed by atoms with Gasteiger partial charge in [-0.15, -0.1) is 0 Å². The van der Waals surface area contributed by atoms with Crippen molar-refractivity contribution in [3.8, 4) is 0 Å². The van der Waals surface area contributed by atoms with E-state index in [1.807, 2.05) is 0 Å². The number of hydrogen-bond acceptors (Lipinski definition) is 4. The average Bonchev–Trinajstić information content (AvgIpc) is 2.51. The van der Waals surface area contributed by atoms with Crippen LogP contribution in [0.5, 0.6) is 0 Å². The molecule has 0 aromatic heterocycles. The van der Waals surface area contributed by atoms with E-state index < -0.39 is 0 Å². The summed E-state index contributed by atoms with van der Waals surface area (Å²) in [4.78, 5) is 22.4. The first kappa shape index (κ1) is 11.5. The second kappa shape index (κ2) is 3.82. The smallest absolute Gasteiger partial charge is 0.244 e. The van der Waals surface area contributed by atoms with E-state index in [2.05, 4.69) is 24.5 Å². The van der Waals surface area contributed by atoms with Crippen molar-refractivity contribution in [2.24, 2.45) is 5.41 Å². The van der Waals surface area contributed by atoms with Gasteiger partial charge in [0.05, 0.1) is 18.6 Å². The molecular weight excluding hydrogens is 208 g/mol. The summed E-state index contributed by atoms with van der Waals surface area (Å²) in [5, 5.41) is 5.54. The molecule has 0 aromatic rings. The fraction of sp³-hybridized carbons (Fsp3) is 0.818. The lowest BCUT2D eigenvalue weighted by Crippen LogP contribution is -2.63. The molecule has 0 bridgehead atoms. The highest BCUT2D eigenvalue weighted by atomic mass is 16.5. The molecule has 2 rings (SSSR count). The number of rotatable bonds is 3. The van der Waals surface area contributed by atoms with E-state index in [9.17, 15) is 9.59 Å². The van der Waals surface area contributed by atoms with Gasteiger partial charge < -0.3 is 10.1 Å². The van der Waals surface area contributed by atoms with Crippen LogP contribution in [-0.2, 0) is 14.3 Å². The van der Waals surface area contributed by atoms with Gasteiger partial charge in [-0.2, -0.15) is 0 Å². The van der Waals surface area contributed by atoms with E-state index in [1.54, 1.807) is 7.11 Å². The number of ether oxygens (including phenoxy) is 1. The van der Waals surface area contributed by atoms with Crippen LogP contribution in [0.2, 0.25) is 0 Å². The first-order valence-electron chi connectivity index (χ1n) is 5.57. The Labute approximate surface area is 94.9 Å². The fourth-order valence-electron chi connectivity index (χ4n) is 2.50. The van der Waals surface area contributed by atoms with Crippen LogP contribution in [0, 0.1) is 5.41 Å². The molecule has 1 saturated carbocycles. The summed E-state index contributed by atoms with van der Waals surface area (Å²) >= 11 is 0. The van der Waals surface area contributed by atoms with Crippen molar-refractivity contribution in [2.45, 2.75) is 44.9 Å². The van der Waals surface area contributed by atoms with Crippen LogP contribution in [0.4, 0.5) is 0 Å². The Bertz CT molecular complexity index is 327. The van der Waals surface area contributed by atoms with Crippen LogP contribution < -0.4 is 10.6 Å². The molecule has 0 radical (unpaired) electrons. The van der Waals surface area contributed by atoms with Gasteiger partial charge in [0.15, 0.2) is 0 Å². The zero-order valence-corrected chi connectivity index (χ0v) is 9.87. The highest BCUT2D eigenvalue weighted by Gasteiger charge is 2.50. The van der Waals surface area contributed by atoms with Gasteiger partial charge in [0.25, 0.3) is 0 Å². The van der Waals surface area contributed by atoms with Gasteiger partial charge in [-0.1, -0.05) is 13.8 Å². The van der Waals surface area contributed by atoms with Gasteiger partial charge in [-0.25, -0.2) is 0 Å². The van der Waals surface area contributed by atoms with Gasteiger partial charge in [-0.05, 0) is 6.42 Å². The van der Waals surface area contributed by atoms with Crippen LogP contribution in [0.3, 0.4) is 0 Å². The second-order valence-electron chi connectivity index (χ2n) is 5.17. The number of hydrogen-bond donors (Lipinski definition) is 2. The molecule has 1 aliphatic carbocycles. The third-order valence-electron chi connectivity index (χ3n) is 3.83. The van der Waals surface area contributed by atoms with Crippen molar-refractivity contribution in [3.63, 3.8) is 0 Å². The van der Waals surface area contributed by atoms with Gasteiger partial charge in [-0.3, -0.25) is 14.9 Å². The van der Waals surface area contributed by atoms with E-state index in [0.717, 1.165) is 6.42 Å². The largest absolute Gasteiger partial charge is 0.381 e. The number of methoxy groups -OCH3 is 1. The van der Waals surface area contributed by atoms with Crippen LogP contribution in [0.1, 0.15) is 26.7 Å². The molecule has 3 unspecified atom stereocenters. The third kappa shape index (κ3) is 1.74. The maximum Gasteiger partial charge on any atom is 0.244 e. The van der Waals surface area contributed by atoms with Crippen molar-refractivity contribution in [1.82, 2.24) is 10.6 Å². The monoisotopic (exact) mass is 226 g/mol. The molecule has 2 N–H and O–H groups in total. The van der Waals surface area contributed by atoms with E-state index in [-0.39, 0.29) is 41.8 Å². The molecular formula is C11H18N2O3. The maximum absolute atomic E-state index is 11.4. The third-order valence-corrected chi connectivity index (χ3v) is 3.83. The Morgan fingerprint density at radius 3 is 2.56 bits per heavy atom. The Morgan fingerprint density at radius 2 is 2.12 bits per heavy atom. The molecule has 1 heterocycles. The van der Waals surface area contributed by atoms with Gasteiger partial charge in [0.1, 0.15) is 0 Å². The molecule has 0 aromatic carbocycles. The number of nitrogens with one attached hydrogen (secondary N) is 2. The van der Waals surface area contributed by atoms with Crippen molar-refractivity contribution in [2.75, 3.05) is 7.11 Å². The minimum Gasteiger partial charge on any atom is -0.381 e. The highest BCUT2D eigenvalue weighted by Crippen LogP contribution is 2.42. The number of carbonyl (C=O) groups is 2. The number of imide groups is 1. The van der Waals surface area contributed by atoms with E-state index >= 15 is 0 Å². The average molecular weight is 226 g/mol. The van der Waals surface area contributed by atoms with Crippen molar-refractivity contribution in [1.29, 1.82) is 0 Å². The van der Waals surface area contributed by atoms with Crippen LogP contribution in [-0.4, -0.2) is 37.1 Å². The maximum atomic E-state index is 11.4. The summed E-state index contributed by atoms with van der Waals surface area (Å²) in [6.45, 7) is 4.22. The molecule has 5 nitrogen and oxygen atoms in total. The first-order chi connectivity index (χ1) is 7.45. The van der Waals surface area contributed by atoms with Gasteiger partial charge in [0.2, 0.25) is 11.8 Å². The Morgan fingerprint density at radius 1 is 1.44 bits per heavy atom. The minimum atomic E-state index is -0.366. The summed E-state index contributed by atoms with van der Waals surface area (Å²) in [6, 6.07) is -0.131. The molecule has 3 atom stereocenters. The normalized spacial score (nSPS) is 37.1. The summed E-state index contributed by atoms with van der Waals surface area (Å²) < 4.78 is 5.34. The molecule has 90 valence electrons. The number of amides is 2. The summed E-state index contributed by atoms with van der Waals surface area (Å²) in [6.07, 6.45) is 1.37. The Kier molecular flexibility index (Phi) is 2.75. The molecule has 1 aliphatic heterocycles. The van der Waals surface area contributed by atoms with Gasteiger partial charge in [0, 0.05) is 18.6 Å². The van der Waals surface area contributed by atoms with Gasteiger partial charge >= 0.3 is 0 Å². The molecule has 2 amide bonds. The SMILES string of the molecule is COC1CC(NC2CC(=O)NC2=O)C1(C)C. The highest BCUT2D eigenvalue weighted by molar-refractivity contribution is 6.05. The lowest BCUT2D eigenvalue weighted by Gasteiger charge is -2.52. The lowest BCUT2D eigenvalue weighted by molar-refractivity contribution is -0.127. The zero-order valence-electron chi connectivity index (χ0n) is 9.87. The second-order valence-corrected chi connectivity index (χ2v) is 5.17. The fourth-order valence-corrected chi connectivity index (χ4v) is 2.50. The van der Waals surface area contributed by atoms with E-state index in [4.69, 9.17) is 4.74 Å². The molecule has 2 fully saturated rings. The Hall–Kier alpha value is -0.940. The van der Waals surface area contributed by atoms with Crippen LogP contribution in [0.25, 0.3) is 0 Å². The van der Waals surface area contributed by atoms with Crippen molar-refractivity contribution < 1.29 is 14.3 Å². The summed E-state index contributed by atoms with van der Waals surface area (Å²) in [5.74, 6) is -0.399. The molecule has 0 spiro atoms. The van der Waals surface area contributed by atoms with E-state index in [1.165, 1.54) is 0 Å². The van der Waals surface area contributed by atoms with Crippen LogP contribution in [0.15, 0.2) is 0 Å². The number of carbonyl (C=O) groups excluding carboxylic acids is 2. The predicted octanol–water partition coefficient (Wildman–Crippen LogP) is -0.195. The molecule has 5 heteroatoms. The summed E-state index contributed by atoms with van der Waals surface area (Å²) in [7, 11) is 1.70.